The van der Waals surface area contributed by atoms with Crippen LogP contribution in [0, 0.1) is 11.3 Å². The second kappa shape index (κ2) is 8.55. The summed E-state index contributed by atoms with van der Waals surface area (Å²) in [5.41, 5.74) is 1.56. The number of hydrogen-bond donors (Lipinski definition) is 1. The molecule has 2 aromatic carbocycles. The summed E-state index contributed by atoms with van der Waals surface area (Å²) < 4.78 is 10.5. The zero-order valence-electron chi connectivity index (χ0n) is 14.4. The zero-order chi connectivity index (χ0) is 18.2. The van der Waals surface area contributed by atoms with Crippen LogP contribution < -0.4 is 14.8 Å². The highest BCUT2D eigenvalue weighted by Gasteiger charge is 2.15. The van der Waals surface area contributed by atoms with Gasteiger partial charge in [-0.15, -0.1) is 0 Å². The number of nitrogens with zero attached hydrogens (tertiary/aromatic N) is 1. The highest BCUT2D eigenvalue weighted by Crippen LogP contribution is 2.26. The first-order chi connectivity index (χ1) is 12.1. The fraction of sp³-hybridized carbons (Fsp3) is 0.200. The largest absolute Gasteiger partial charge is 0.497 e. The summed E-state index contributed by atoms with van der Waals surface area (Å²) >= 11 is 0. The van der Waals surface area contributed by atoms with Crippen molar-refractivity contribution in [1.29, 1.82) is 5.26 Å². The van der Waals surface area contributed by atoms with Gasteiger partial charge in [-0.1, -0.05) is 30.3 Å². The van der Waals surface area contributed by atoms with Crippen LogP contribution in [0.2, 0.25) is 0 Å². The molecule has 5 nitrogen and oxygen atoms in total. The fourth-order valence-electron chi connectivity index (χ4n) is 2.36. The van der Waals surface area contributed by atoms with Crippen molar-refractivity contribution >= 4 is 12.0 Å². The minimum Gasteiger partial charge on any atom is -0.497 e. The number of rotatable bonds is 6. The maximum Gasteiger partial charge on any atom is 0.262 e. The average Bonchev–Trinajstić information content (AvgIpc) is 2.66. The molecule has 0 saturated heterocycles. The van der Waals surface area contributed by atoms with E-state index in [4.69, 9.17) is 9.47 Å². The van der Waals surface area contributed by atoms with Crippen LogP contribution in [0.5, 0.6) is 11.5 Å². The molecular formula is C20H20N2O3. The number of methoxy groups -OCH3 is 2. The molecule has 0 saturated carbocycles. The third-order valence-electron chi connectivity index (χ3n) is 3.75. The van der Waals surface area contributed by atoms with Gasteiger partial charge in [0.25, 0.3) is 5.91 Å². The number of ether oxygens (including phenoxy) is 2. The molecule has 0 radical (unpaired) electrons. The molecule has 2 aromatic rings. The molecular weight excluding hydrogens is 316 g/mol. The minimum absolute atomic E-state index is 0.00525. The molecule has 0 aromatic heterocycles. The number of hydrogen-bond acceptors (Lipinski definition) is 4. The predicted molar refractivity (Wildman–Crippen MR) is 96.1 cm³/mol. The van der Waals surface area contributed by atoms with E-state index < -0.39 is 5.91 Å². The van der Waals surface area contributed by atoms with Gasteiger partial charge in [-0.3, -0.25) is 4.79 Å². The Balaban J connectivity index is 2.25. The van der Waals surface area contributed by atoms with E-state index in [1.54, 1.807) is 25.3 Å². The van der Waals surface area contributed by atoms with Gasteiger partial charge in [-0.2, -0.15) is 5.26 Å². The number of benzene rings is 2. The summed E-state index contributed by atoms with van der Waals surface area (Å²) in [6.45, 7) is 1.87. The topological polar surface area (TPSA) is 71.3 Å². The molecule has 5 heteroatoms. The van der Waals surface area contributed by atoms with Gasteiger partial charge in [0.05, 0.1) is 20.3 Å². The lowest BCUT2D eigenvalue weighted by atomic mass is 10.1. The summed E-state index contributed by atoms with van der Waals surface area (Å²) in [5, 5.41) is 12.2. The number of carbonyl (C=O) groups excluding carboxylic acids is 1. The Labute approximate surface area is 147 Å². The van der Waals surface area contributed by atoms with E-state index in [1.807, 2.05) is 43.3 Å². The molecule has 25 heavy (non-hydrogen) atoms. The van der Waals surface area contributed by atoms with E-state index in [1.165, 1.54) is 13.2 Å². The quantitative estimate of drug-likeness (QED) is 0.647. The monoisotopic (exact) mass is 336 g/mol. The summed E-state index contributed by atoms with van der Waals surface area (Å²) in [4.78, 5) is 12.4. The Morgan fingerprint density at radius 3 is 2.48 bits per heavy atom. The van der Waals surface area contributed by atoms with E-state index in [9.17, 15) is 10.1 Å². The van der Waals surface area contributed by atoms with Crippen LogP contribution in [-0.2, 0) is 4.79 Å². The second-order valence-electron chi connectivity index (χ2n) is 5.38. The summed E-state index contributed by atoms with van der Waals surface area (Å²) in [7, 11) is 3.08. The third-order valence-corrected chi connectivity index (χ3v) is 3.75. The SMILES string of the molecule is COc1ccc(OC)c(/C=C(\C#N)C(=O)N[C@@H](C)c2ccccc2)c1. The third kappa shape index (κ3) is 4.61. The predicted octanol–water partition coefficient (Wildman–Crippen LogP) is 3.49. The molecule has 2 rings (SSSR count). The number of nitriles is 1. The highest BCUT2D eigenvalue weighted by atomic mass is 16.5. The zero-order valence-corrected chi connectivity index (χ0v) is 14.4. The summed E-state index contributed by atoms with van der Waals surface area (Å²) in [5.74, 6) is 0.726. The lowest BCUT2D eigenvalue weighted by molar-refractivity contribution is -0.117. The summed E-state index contributed by atoms with van der Waals surface area (Å²) in [6, 6.07) is 16.5. The molecule has 0 spiro atoms. The van der Waals surface area contributed by atoms with E-state index in [2.05, 4.69) is 5.32 Å². The molecule has 0 unspecified atom stereocenters. The molecule has 1 N–H and O–H groups in total. The van der Waals surface area contributed by atoms with Gasteiger partial charge in [0, 0.05) is 5.56 Å². The van der Waals surface area contributed by atoms with Crippen LogP contribution in [-0.4, -0.2) is 20.1 Å². The van der Waals surface area contributed by atoms with Crippen molar-refractivity contribution in [3.8, 4) is 17.6 Å². The Hall–Kier alpha value is -3.26. The van der Waals surface area contributed by atoms with Crippen LogP contribution in [0.3, 0.4) is 0 Å². The molecule has 1 atom stereocenters. The van der Waals surface area contributed by atoms with Crippen LogP contribution in [0.25, 0.3) is 6.08 Å². The van der Waals surface area contributed by atoms with E-state index >= 15 is 0 Å². The van der Waals surface area contributed by atoms with Crippen molar-refractivity contribution in [2.75, 3.05) is 14.2 Å². The van der Waals surface area contributed by atoms with Gasteiger partial charge >= 0.3 is 0 Å². The van der Waals surface area contributed by atoms with Crippen molar-refractivity contribution in [3.63, 3.8) is 0 Å². The van der Waals surface area contributed by atoms with Crippen molar-refractivity contribution in [1.82, 2.24) is 5.32 Å². The molecule has 128 valence electrons. The van der Waals surface area contributed by atoms with Crippen molar-refractivity contribution in [2.24, 2.45) is 0 Å². The first-order valence-corrected chi connectivity index (χ1v) is 7.78. The standard InChI is InChI=1S/C20H20N2O3/c1-14(15-7-5-4-6-8-15)22-20(23)17(13-21)11-16-12-18(24-2)9-10-19(16)25-3/h4-12,14H,1-3H3,(H,22,23)/b17-11+/t14-/m0/s1. The molecule has 1 amide bonds. The molecule has 0 bridgehead atoms. The molecule has 0 heterocycles. The van der Waals surface area contributed by atoms with Gasteiger partial charge in [-0.05, 0) is 36.8 Å². The lowest BCUT2D eigenvalue weighted by Gasteiger charge is -2.14. The Morgan fingerprint density at radius 2 is 1.88 bits per heavy atom. The van der Waals surface area contributed by atoms with Crippen molar-refractivity contribution < 1.29 is 14.3 Å². The maximum absolute atomic E-state index is 12.4. The summed E-state index contributed by atoms with van der Waals surface area (Å²) in [6.07, 6.45) is 1.49. The fourth-order valence-corrected chi connectivity index (χ4v) is 2.36. The number of nitrogens with one attached hydrogen (secondary N) is 1. The van der Waals surface area contributed by atoms with Crippen molar-refractivity contribution in [3.05, 3.63) is 65.2 Å². The molecule has 0 aliphatic heterocycles. The van der Waals surface area contributed by atoms with Gasteiger partial charge in [0.15, 0.2) is 0 Å². The number of amides is 1. The van der Waals surface area contributed by atoms with Crippen LogP contribution in [0.1, 0.15) is 24.1 Å². The minimum atomic E-state index is -0.441. The van der Waals surface area contributed by atoms with E-state index in [0.29, 0.717) is 17.1 Å². The second-order valence-corrected chi connectivity index (χ2v) is 5.38. The van der Waals surface area contributed by atoms with E-state index in [-0.39, 0.29) is 11.6 Å². The first kappa shape index (κ1) is 18.1. The van der Waals surface area contributed by atoms with E-state index in [0.717, 1.165) is 5.56 Å². The normalized spacial score (nSPS) is 12.0. The molecule has 0 fully saturated rings. The van der Waals surface area contributed by atoms with Gasteiger partial charge in [0.2, 0.25) is 0 Å². The maximum atomic E-state index is 12.4. The Morgan fingerprint density at radius 1 is 1.16 bits per heavy atom. The Kier molecular flexibility index (Phi) is 6.19. The van der Waals surface area contributed by atoms with Gasteiger partial charge in [0.1, 0.15) is 23.1 Å². The van der Waals surface area contributed by atoms with Crippen molar-refractivity contribution in [2.45, 2.75) is 13.0 Å². The lowest BCUT2D eigenvalue weighted by Crippen LogP contribution is -2.27. The molecule has 0 aliphatic rings. The average molecular weight is 336 g/mol. The van der Waals surface area contributed by atoms with Gasteiger partial charge in [-0.25, -0.2) is 0 Å². The molecule has 0 aliphatic carbocycles. The van der Waals surface area contributed by atoms with Crippen LogP contribution >= 0.6 is 0 Å². The van der Waals surface area contributed by atoms with Crippen LogP contribution in [0.4, 0.5) is 0 Å². The van der Waals surface area contributed by atoms with Crippen LogP contribution in [0.15, 0.2) is 54.1 Å². The smallest absolute Gasteiger partial charge is 0.262 e. The Bertz CT molecular complexity index is 807. The number of carbonyl (C=O) groups is 1. The first-order valence-electron chi connectivity index (χ1n) is 7.78. The van der Waals surface area contributed by atoms with Gasteiger partial charge < -0.3 is 14.8 Å². The highest BCUT2D eigenvalue weighted by molar-refractivity contribution is 6.02.